The van der Waals surface area contributed by atoms with Crippen molar-refractivity contribution >= 4 is 5.97 Å². The summed E-state index contributed by atoms with van der Waals surface area (Å²) in [7, 11) is 0. The maximum atomic E-state index is 12.7. The lowest BCUT2D eigenvalue weighted by atomic mass is 10.1. The maximum Gasteiger partial charge on any atom is 0.308 e. The minimum absolute atomic E-state index is 0.103. The fourth-order valence-electron chi connectivity index (χ4n) is 0.982. The topological polar surface area (TPSA) is 26.3 Å². The minimum Gasteiger partial charge on any atom is -0.427 e. The van der Waals surface area contributed by atoms with Crippen molar-refractivity contribution in [2.45, 2.75) is 19.8 Å². The monoisotopic (exact) mass is 200 g/mol. The van der Waals surface area contributed by atoms with Gasteiger partial charge < -0.3 is 4.74 Å². The Morgan fingerprint density at radius 1 is 1.29 bits per heavy atom. The third-order valence-electron chi connectivity index (χ3n) is 1.62. The van der Waals surface area contributed by atoms with E-state index in [0.29, 0.717) is 0 Å². The number of benzene rings is 1. The van der Waals surface area contributed by atoms with Crippen LogP contribution in [0, 0.1) is 0 Å². The summed E-state index contributed by atoms with van der Waals surface area (Å²) in [4.78, 5) is 10.5. The van der Waals surface area contributed by atoms with Crippen LogP contribution in [-0.2, 0) is 10.7 Å². The van der Waals surface area contributed by atoms with Gasteiger partial charge in [-0.15, -0.1) is 0 Å². The third-order valence-corrected chi connectivity index (χ3v) is 1.62. The van der Waals surface area contributed by atoms with E-state index in [4.69, 9.17) is 4.74 Å². The number of esters is 1. The molecule has 2 nitrogen and oxygen atoms in total. The van der Waals surface area contributed by atoms with E-state index in [9.17, 15) is 13.6 Å². The van der Waals surface area contributed by atoms with Crippen LogP contribution in [0.2, 0.25) is 0 Å². The van der Waals surface area contributed by atoms with Crippen LogP contribution in [0.5, 0.6) is 5.75 Å². The summed E-state index contributed by atoms with van der Waals surface area (Å²) < 4.78 is 30.2. The van der Waals surface area contributed by atoms with Crippen LogP contribution in [0.3, 0.4) is 0 Å². The molecule has 0 N–H and O–H groups in total. The molecule has 0 heterocycles. The number of carbonyl (C=O) groups excluding carboxylic acids is 1. The molecule has 1 aromatic carbocycles. The Balaban J connectivity index is 2.84. The van der Waals surface area contributed by atoms with Crippen molar-refractivity contribution in [3.05, 3.63) is 29.8 Å². The van der Waals surface area contributed by atoms with Crippen molar-refractivity contribution in [1.82, 2.24) is 0 Å². The molecule has 0 saturated heterocycles. The first kappa shape index (κ1) is 10.6. The highest BCUT2D eigenvalue weighted by Crippen LogP contribution is 2.28. The average Bonchev–Trinajstić information content (AvgIpc) is 2.02. The van der Waals surface area contributed by atoms with Gasteiger partial charge in [0.05, 0.1) is 0 Å². The molecule has 0 amide bonds. The van der Waals surface area contributed by atoms with Gasteiger partial charge >= 0.3 is 5.97 Å². The molecule has 14 heavy (non-hydrogen) atoms. The predicted octanol–water partition coefficient (Wildman–Crippen LogP) is 2.72. The van der Waals surface area contributed by atoms with Crippen LogP contribution in [0.25, 0.3) is 0 Å². The fourth-order valence-corrected chi connectivity index (χ4v) is 0.982. The van der Waals surface area contributed by atoms with E-state index in [1.807, 2.05) is 0 Å². The summed E-state index contributed by atoms with van der Waals surface area (Å²) in [6.45, 7) is 2.07. The largest absolute Gasteiger partial charge is 0.427 e. The summed E-state index contributed by atoms with van der Waals surface area (Å²) in [5.74, 6) is -3.07. The summed E-state index contributed by atoms with van der Waals surface area (Å²) >= 11 is 0. The molecule has 0 saturated carbocycles. The van der Waals surface area contributed by atoms with Crippen LogP contribution in [0.4, 0.5) is 8.78 Å². The van der Waals surface area contributed by atoms with E-state index >= 15 is 0 Å². The molecule has 0 unspecified atom stereocenters. The lowest BCUT2D eigenvalue weighted by Crippen LogP contribution is -2.07. The summed E-state index contributed by atoms with van der Waals surface area (Å²) in [6, 6.07) is 5.15. The lowest BCUT2D eigenvalue weighted by Gasteiger charge is -2.10. The summed E-state index contributed by atoms with van der Waals surface area (Å²) in [6.07, 6.45) is 0. The average molecular weight is 200 g/mol. The number of halogens is 2. The minimum atomic E-state index is -2.87. The zero-order valence-electron chi connectivity index (χ0n) is 7.88. The number of rotatable bonds is 2. The van der Waals surface area contributed by atoms with Gasteiger partial charge in [-0.1, -0.05) is 0 Å². The molecule has 0 aliphatic rings. The SMILES string of the molecule is CC(=O)Oc1ccc(C(C)(F)F)cc1. The summed E-state index contributed by atoms with van der Waals surface area (Å²) in [5, 5.41) is 0. The quantitative estimate of drug-likeness (QED) is 0.542. The molecule has 0 fully saturated rings. The molecule has 0 spiro atoms. The smallest absolute Gasteiger partial charge is 0.308 e. The van der Waals surface area contributed by atoms with E-state index in [2.05, 4.69) is 0 Å². The Morgan fingerprint density at radius 3 is 2.14 bits per heavy atom. The maximum absolute atomic E-state index is 12.7. The Kier molecular flexibility index (Phi) is 2.84. The zero-order chi connectivity index (χ0) is 10.8. The first-order valence-electron chi connectivity index (χ1n) is 4.06. The highest BCUT2D eigenvalue weighted by Gasteiger charge is 2.23. The van der Waals surface area contributed by atoms with Gasteiger partial charge in [-0.05, 0) is 24.3 Å². The first-order chi connectivity index (χ1) is 6.39. The van der Waals surface area contributed by atoms with Crippen molar-refractivity contribution in [3.8, 4) is 5.75 Å². The molecule has 0 aliphatic heterocycles. The van der Waals surface area contributed by atoms with Gasteiger partial charge in [0.25, 0.3) is 5.92 Å². The molecule has 0 atom stereocenters. The first-order valence-corrected chi connectivity index (χ1v) is 4.06. The standard InChI is InChI=1S/C10H10F2O2/c1-7(13)14-9-5-3-8(4-6-9)10(2,11)12/h3-6H,1-2H3. The second-order valence-corrected chi connectivity index (χ2v) is 3.01. The predicted molar refractivity (Wildman–Crippen MR) is 47.3 cm³/mol. The number of ether oxygens (including phenoxy) is 1. The Hall–Kier alpha value is -1.45. The summed E-state index contributed by atoms with van der Waals surface area (Å²) in [5.41, 5.74) is -0.103. The number of hydrogen-bond donors (Lipinski definition) is 0. The molecule has 0 aromatic heterocycles. The molecular weight excluding hydrogens is 190 g/mol. The van der Waals surface area contributed by atoms with Gasteiger partial charge in [0, 0.05) is 19.4 Å². The van der Waals surface area contributed by atoms with E-state index in [-0.39, 0.29) is 11.3 Å². The van der Waals surface area contributed by atoms with Gasteiger partial charge in [0.1, 0.15) is 5.75 Å². The van der Waals surface area contributed by atoms with Crippen molar-refractivity contribution in [2.24, 2.45) is 0 Å². The van der Waals surface area contributed by atoms with Crippen LogP contribution in [0.15, 0.2) is 24.3 Å². The Morgan fingerprint density at radius 2 is 1.79 bits per heavy atom. The van der Waals surface area contributed by atoms with E-state index < -0.39 is 11.9 Å². The highest BCUT2D eigenvalue weighted by atomic mass is 19.3. The van der Waals surface area contributed by atoms with Crippen LogP contribution in [0.1, 0.15) is 19.4 Å². The van der Waals surface area contributed by atoms with E-state index in [0.717, 1.165) is 6.92 Å². The molecule has 1 aromatic rings. The van der Waals surface area contributed by atoms with Crippen LogP contribution >= 0.6 is 0 Å². The van der Waals surface area contributed by atoms with Crippen molar-refractivity contribution in [1.29, 1.82) is 0 Å². The third kappa shape index (κ3) is 2.80. The van der Waals surface area contributed by atoms with Crippen molar-refractivity contribution in [2.75, 3.05) is 0 Å². The van der Waals surface area contributed by atoms with Gasteiger partial charge in [-0.3, -0.25) is 4.79 Å². The van der Waals surface area contributed by atoms with Crippen molar-refractivity contribution < 1.29 is 18.3 Å². The molecule has 0 aliphatic carbocycles. The van der Waals surface area contributed by atoms with E-state index in [1.165, 1.54) is 31.2 Å². The normalized spacial score (nSPS) is 11.1. The molecule has 76 valence electrons. The van der Waals surface area contributed by atoms with Crippen molar-refractivity contribution in [3.63, 3.8) is 0 Å². The fraction of sp³-hybridized carbons (Fsp3) is 0.300. The van der Waals surface area contributed by atoms with Gasteiger partial charge in [0.15, 0.2) is 0 Å². The highest BCUT2D eigenvalue weighted by molar-refractivity contribution is 5.69. The van der Waals surface area contributed by atoms with E-state index in [1.54, 1.807) is 0 Å². The van der Waals surface area contributed by atoms with Gasteiger partial charge in [0.2, 0.25) is 0 Å². The number of alkyl halides is 2. The number of carbonyl (C=O) groups is 1. The molecule has 0 bridgehead atoms. The second-order valence-electron chi connectivity index (χ2n) is 3.01. The zero-order valence-corrected chi connectivity index (χ0v) is 7.88. The van der Waals surface area contributed by atoms with Crippen LogP contribution < -0.4 is 4.74 Å². The Bertz CT molecular complexity index is 325. The van der Waals surface area contributed by atoms with Gasteiger partial charge in [-0.25, -0.2) is 8.78 Å². The second kappa shape index (κ2) is 3.74. The lowest BCUT2D eigenvalue weighted by molar-refractivity contribution is -0.131. The molecule has 4 heteroatoms. The molecule has 1 rings (SSSR count). The number of hydrogen-bond acceptors (Lipinski definition) is 2. The van der Waals surface area contributed by atoms with Crippen LogP contribution in [-0.4, -0.2) is 5.97 Å². The molecular formula is C10H10F2O2. The Labute approximate surface area is 80.5 Å². The molecule has 0 radical (unpaired) electrons. The van der Waals surface area contributed by atoms with Gasteiger partial charge in [-0.2, -0.15) is 0 Å².